The summed E-state index contributed by atoms with van der Waals surface area (Å²) in [6.07, 6.45) is 3.74. The van der Waals surface area contributed by atoms with Gasteiger partial charge in [-0.05, 0) is 24.8 Å². The SMILES string of the molecule is CCCC1CC1NCc1cccc(OC)c1F. The summed E-state index contributed by atoms with van der Waals surface area (Å²) in [6, 6.07) is 5.87. The normalized spacial score (nSPS) is 22.5. The summed E-state index contributed by atoms with van der Waals surface area (Å²) in [4.78, 5) is 0. The zero-order valence-corrected chi connectivity index (χ0v) is 10.5. The van der Waals surface area contributed by atoms with Crippen LogP contribution in [0, 0.1) is 11.7 Å². The van der Waals surface area contributed by atoms with Gasteiger partial charge in [-0.15, -0.1) is 0 Å². The minimum atomic E-state index is -0.241. The van der Waals surface area contributed by atoms with E-state index in [0.29, 0.717) is 23.9 Å². The van der Waals surface area contributed by atoms with Crippen LogP contribution in [-0.2, 0) is 6.54 Å². The van der Waals surface area contributed by atoms with Crippen molar-refractivity contribution in [3.63, 3.8) is 0 Å². The molecule has 3 heteroatoms. The minimum absolute atomic E-state index is 0.241. The molecule has 0 amide bonds. The number of halogens is 1. The van der Waals surface area contributed by atoms with E-state index in [0.717, 1.165) is 5.92 Å². The Bertz CT molecular complexity index is 380. The van der Waals surface area contributed by atoms with Gasteiger partial charge in [-0.2, -0.15) is 0 Å². The number of nitrogens with one attached hydrogen (secondary N) is 1. The smallest absolute Gasteiger partial charge is 0.169 e. The topological polar surface area (TPSA) is 21.3 Å². The molecule has 0 heterocycles. The van der Waals surface area contributed by atoms with E-state index in [-0.39, 0.29) is 5.82 Å². The first kappa shape index (κ1) is 12.4. The first-order valence-electron chi connectivity index (χ1n) is 6.31. The van der Waals surface area contributed by atoms with Crippen LogP contribution in [0.1, 0.15) is 31.7 Å². The average Bonchev–Trinajstić information content (AvgIpc) is 3.07. The molecule has 0 bridgehead atoms. The molecule has 94 valence electrons. The molecule has 1 aliphatic carbocycles. The van der Waals surface area contributed by atoms with Crippen molar-refractivity contribution in [3.05, 3.63) is 29.6 Å². The zero-order valence-electron chi connectivity index (χ0n) is 10.5. The van der Waals surface area contributed by atoms with E-state index in [2.05, 4.69) is 12.2 Å². The van der Waals surface area contributed by atoms with Crippen molar-refractivity contribution >= 4 is 0 Å². The molecule has 2 unspecified atom stereocenters. The third-order valence-corrected chi connectivity index (χ3v) is 3.40. The molecule has 2 nitrogen and oxygen atoms in total. The second-order valence-corrected chi connectivity index (χ2v) is 4.71. The van der Waals surface area contributed by atoms with Crippen LogP contribution < -0.4 is 10.1 Å². The molecular formula is C14H20FNO. The zero-order chi connectivity index (χ0) is 12.3. The van der Waals surface area contributed by atoms with Crippen molar-refractivity contribution < 1.29 is 9.13 Å². The summed E-state index contributed by atoms with van der Waals surface area (Å²) in [5.74, 6) is 0.883. The second-order valence-electron chi connectivity index (χ2n) is 4.71. The third kappa shape index (κ3) is 2.97. The Balaban J connectivity index is 1.87. The lowest BCUT2D eigenvalue weighted by molar-refractivity contribution is 0.383. The molecule has 2 rings (SSSR count). The molecule has 1 saturated carbocycles. The second kappa shape index (κ2) is 5.50. The fourth-order valence-corrected chi connectivity index (χ4v) is 2.28. The molecule has 0 spiro atoms. The van der Waals surface area contributed by atoms with Gasteiger partial charge in [0.05, 0.1) is 7.11 Å². The van der Waals surface area contributed by atoms with Crippen molar-refractivity contribution in [1.82, 2.24) is 5.32 Å². The van der Waals surface area contributed by atoms with E-state index in [1.165, 1.54) is 26.4 Å². The fraction of sp³-hybridized carbons (Fsp3) is 0.571. The highest BCUT2D eigenvalue weighted by atomic mass is 19.1. The molecular weight excluding hydrogens is 217 g/mol. The lowest BCUT2D eigenvalue weighted by atomic mass is 10.2. The third-order valence-electron chi connectivity index (χ3n) is 3.40. The Kier molecular flexibility index (Phi) is 4.00. The standard InChI is InChI=1S/C14H20FNO/c1-3-5-10-8-12(10)16-9-11-6-4-7-13(17-2)14(11)15/h4,6-7,10,12,16H,3,5,8-9H2,1-2H3. The van der Waals surface area contributed by atoms with Crippen LogP contribution in [0.3, 0.4) is 0 Å². The summed E-state index contributed by atoms with van der Waals surface area (Å²) in [7, 11) is 1.49. The van der Waals surface area contributed by atoms with Crippen molar-refractivity contribution in [2.75, 3.05) is 7.11 Å². The first-order chi connectivity index (χ1) is 8.26. The van der Waals surface area contributed by atoms with Gasteiger partial charge in [0.1, 0.15) is 0 Å². The maximum atomic E-state index is 13.8. The van der Waals surface area contributed by atoms with Gasteiger partial charge in [0, 0.05) is 18.2 Å². The van der Waals surface area contributed by atoms with E-state index in [1.807, 2.05) is 12.1 Å². The Hall–Kier alpha value is -1.09. The Morgan fingerprint density at radius 2 is 2.29 bits per heavy atom. The molecule has 0 saturated heterocycles. The maximum absolute atomic E-state index is 13.8. The summed E-state index contributed by atoms with van der Waals surface area (Å²) in [5.41, 5.74) is 0.687. The van der Waals surface area contributed by atoms with Gasteiger partial charge in [0.25, 0.3) is 0 Å². The fourth-order valence-electron chi connectivity index (χ4n) is 2.28. The highest BCUT2D eigenvalue weighted by Gasteiger charge is 2.35. The Morgan fingerprint density at radius 1 is 1.47 bits per heavy atom. The highest BCUT2D eigenvalue weighted by molar-refractivity contribution is 5.31. The number of methoxy groups -OCH3 is 1. The molecule has 2 atom stereocenters. The van der Waals surface area contributed by atoms with Gasteiger partial charge in [0.2, 0.25) is 0 Å². The maximum Gasteiger partial charge on any atom is 0.169 e. The molecule has 1 fully saturated rings. The van der Waals surface area contributed by atoms with Gasteiger partial charge < -0.3 is 10.1 Å². The van der Waals surface area contributed by atoms with E-state index in [4.69, 9.17) is 4.74 Å². The van der Waals surface area contributed by atoms with Crippen molar-refractivity contribution in [2.24, 2.45) is 5.92 Å². The van der Waals surface area contributed by atoms with Crippen LogP contribution in [0.4, 0.5) is 4.39 Å². The molecule has 0 aromatic heterocycles. The van der Waals surface area contributed by atoms with Crippen LogP contribution in [0.15, 0.2) is 18.2 Å². The Morgan fingerprint density at radius 3 is 3.00 bits per heavy atom. The number of hydrogen-bond acceptors (Lipinski definition) is 2. The van der Waals surface area contributed by atoms with Gasteiger partial charge in [-0.3, -0.25) is 0 Å². The number of rotatable bonds is 6. The molecule has 0 radical (unpaired) electrons. The minimum Gasteiger partial charge on any atom is -0.494 e. The average molecular weight is 237 g/mol. The van der Waals surface area contributed by atoms with Crippen LogP contribution in [0.5, 0.6) is 5.75 Å². The molecule has 1 aromatic rings. The van der Waals surface area contributed by atoms with Crippen LogP contribution in [-0.4, -0.2) is 13.2 Å². The lowest BCUT2D eigenvalue weighted by Gasteiger charge is -2.08. The highest BCUT2D eigenvalue weighted by Crippen LogP contribution is 2.34. The van der Waals surface area contributed by atoms with Gasteiger partial charge >= 0.3 is 0 Å². The van der Waals surface area contributed by atoms with Crippen LogP contribution >= 0.6 is 0 Å². The van der Waals surface area contributed by atoms with E-state index < -0.39 is 0 Å². The number of ether oxygens (including phenoxy) is 1. The van der Waals surface area contributed by atoms with Crippen molar-refractivity contribution in [1.29, 1.82) is 0 Å². The summed E-state index contributed by atoms with van der Waals surface area (Å²) in [6.45, 7) is 2.80. The predicted octanol–water partition coefficient (Wildman–Crippen LogP) is 3.11. The van der Waals surface area contributed by atoms with Crippen molar-refractivity contribution in [2.45, 2.75) is 38.8 Å². The quantitative estimate of drug-likeness (QED) is 0.820. The van der Waals surface area contributed by atoms with E-state index in [9.17, 15) is 4.39 Å². The number of hydrogen-bond donors (Lipinski definition) is 1. The van der Waals surface area contributed by atoms with Crippen LogP contribution in [0.2, 0.25) is 0 Å². The van der Waals surface area contributed by atoms with Gasteiger partial charge in [-0.1, -0.05) is 25.5 Å². The first-order valence-corrected chi connectivity index (χ1v) is 6.31. The van der Waals surface area contributed by atoms with Crippen LogP contribution in [0.25, 0.3) is 0 Å². The molecule has 17 heavy (non-hydrogen) atoms. The Labute approximate surface area is 102 Å². The molecule has 1 aliphatic rings. The van der Waals surface area contributed by atoms with E-state index in [1.54, 1.807) is 6.07 Å². The van der Waals surface area contributed by atoms with E-state index >= 15 is 0 Å². The molecule has 1 N–H and O–H groups in total. The number of benzene rings is 1. The molecule has 1 aromatic carbocycles. The summed E-state index contributed by atoms with van der Waals surface area (Å²) >= 11 is 0. The summed E-state index contributed by atoms with van der Waals surface area (Å²) < 4.78 is 18.8. The summed E-state index contributed by atoms with van der Waals surface area (Å²) in [5, 5.41) is 3.40. The molecule has 0 aliphatic heterocycles. The van der Waals surface area contributed by atoms with Crippen molar-refractivity contribution in [3.8, 4) is 5.75 Å². The monoisotopic (exact) mass is 237 g/mol. The van der Waals surface area contributed by atoms with Gasteiger partial charge in [0.15, 0.2) is 11.6 Å². The largest absolute Gasteiger partial charge is 0.494 e. The predicted molar refractivity (Wildman–Crippen MR) is 66.6 cm³/mol. The van der Waals surface area contributed by atoms with Gasteiger partial charge in [-0.25, -0.2) is 4.39 Å². The lowest BCUT2D eigenvalue weighted by Crippen LogP contribution is -2.18.